The molecule has 2 rings (SSSR count). The van der Waals surface area contributed by atoms with Crippen molar-refractivity contribution >= 4 is 5.91 Å². The molecule has 86 valence electrons. The fraction of sp³-hybridized carbons (Fsp3) is 0.917. The van der Waals surface area contributed by atoms with Crippen molar-refractivity contribution in [2.75, 3.05) is 13.1 Å². The molecule has 1 aliphatic heterocycles. The largest absolute Gasteiger partial charge is 0.339 e. The second-order valence-electron chi connectivity index (χ2n) is 5.23. The van der Waals surface area contributed by atoms with Crippen LogP contribution in [0.1, 0.15) is 39.5 Å². The topological polar surface area (TPSA) is 32.3 Å². The molecule has 0 radical (unpaired) electrons. The Hall–Kier alpha value is -0.570. The van der Waals surface area contributed by atoms with Crippen molar-refractivity contribution in [2.24, 2.45) is 5.92 Å². The van der Waals surface area contributed by atoms with E-state index >= 15 is 0 Å². The van der Waals surface area contributed by atoms with Gasteiger partial charge in [0.15, 0.2) is 0 Å². The summed E-state index contributed by atoms with van der Waals surface area (Å²) in [5.74, 6) is 0.965. The predicted molar refractivity (Wildman–Crippen MR) is 60.6 cm³/mol. The van der Waals surface area contributed by atoms with Gasteiger partial charge < -0.3 is 10.2 Å². The van der Waals surface area contributed by atoms with Crippen LogP contribution in [0.15, 0.2) is 0 Å². The molecule has 0 aromatic carbocycles. The third kappa shape index (κ3) is 2.94. The highest BCUT2D eigenvalue weighted by molar-refractivity contribution is 5.78. The third-order valence-electron chi connectivity index (χ3n) is 3.56. The molecule has 2 aliphatic rings. The van der Waals surface area contributed by atoms with Crippen LogP contribution in [0.5, 0.6) is 0 Å². The Morgan fingerprint density at radius 3 is 2.67 bits per heavy atom. The Morgan fingerprint density at radius 1 is 1.27 bits per heavy atom. The van der Waals surface area contributed by atoms with Crippen molar-refractivity contribution in [1.82, 2.24) is 10.2 Å². The molecule has 0 aromatic heterocycles. The van der Waals surface area contributed by atoms with Gasteiger partial charge >= 0.3 is 0 Å². The van der Waals surface area contributed by atoms with Gasteiger partial charge in [0.2, 0.25) is 5.91 Å². The average Bonchev–Trinajstić information content (AvgIpc) is 3.02. The van der Waals surface area contributed by atoms with Gasteiger partial charge in [0.05, 0.1) is 6.54 Å². The van der Waals surface area contributed by atoms with Crippen LogP contribution in [-0.2, 0) is 4.79 Å². The monoisotopic (exact) mass is 210 g/mol. The lowest BCUT2D eigenvalue weighted by Gasteiger charge is -2.37. The van der Waals surface area contributed by atoms with Gasteiger partial charge in [-0.1, -0.05) is 6.92 Å². The SMILES string of the molecule is CC1CCC(C)N(C(=O)CNC2CC2)C1. The number of piperidine rings is 1. The van der Waals surface area contributed by atoms with Crippen LogP contribution in [0.25, 0.3) is 0 Å². The van der Waals surface area contributed by atoms with Crippen molar-refractivity contribution < 1.29 is 4.79 Å². The van der Waals surface area contributed by atoms with Gasteiger partial charge in [-0.25, -0.2) is 0 Å². The van der Waals surface area contributed by atoms with E-state index in [1.54, 1.807) is 0 Å². The minimum Gasteiger partial charge on any atom is -0.339 e. The Labute approximate surface area is 92.2 Å². The third-order valence-corrected chi connectivity index (χ3v) is 3.56. The molecule has 2 unspecified atom stereocenters. The number of nitrogens with one attached hydrogen (secondary N) is 1. The Kier molecular flexibility index (Phi) is 3.29. The summed E-state index contributed by atoms with van der Waals surface area (Å²) >= 11 is 0. The van der Waals surface area contributed by atoms with Gasteiger partial charge in [-0.05, 0) is 38.5 Å². The predicted octanol–water partition coefficient (Wildman–Crippen LogP) is 1.39. The van der Waals surface area contributed by atoms with Crippen LogP contribution in [0.3, 0.4) is 0 Å². The summed E-state index contributed by atoms with van der Waals surface area (Å²) < 4.78 is 0. The van der Waals surface area contributed by atoms with Crippen molar-refractivity contribution in [3.8, 4) is 0 Å². The second-order valence-corrected chi connectivity index (χ2v) is 5.23. The zero-order valence-corrected chi connectivity index (χ0v) is 9.83. The summed E-state index contributed by atoms with van der Waals surface area (Å²) in [4.78, 5) is 14.0. The van der Waals surface area contributed by atoms with E-state index in [4.69, 9.17) is 0 Å². The zero-order valence-electron chi connectivity index (χ0n) is 9.83. The first-order valence-corrected chi connectivity index (χ1v) is 6.19. The van der Waals surface area contributed by atoms with Crippen LogP contribution < -0.4 is 5.32 Å². The Bertz CT molecular complexity index is 238. The van der Waals surface area contributed by atoms with E-state index < -0.39 is 0 Å². The standard InChI is InChI=1S/C12H22N2O/c1-9-3-4-10(2)14(8-9)12(15)7-13-11-5-6-11/h9-11,13H,3-8H2,1-2H3. The van der Waals surface area contributed by atoms with E-state index in [-0.39, 0.29) is 0 Å². The van der Waals surface area contributed by atoms with E-state index in [1.165, 1.54) is 19.3 Å². The molecule has 15 heavy (non-hydrogen) atoms. The highest BCUT2D eigenvalue weighted by Gasteiger charge is 2.28. The molecule has 0 aromatic rings. The van der Waals surface area contributed by atoms with Crippen molar-refractivity contribution in [1.29, 1.82) is 0 Å². The quantitative estimate of drug-likeness (QED) is 0.763. The number of likely N-dealkylation sites (tertiary alicyclic amines) is 1. The van der Waals surface area contributed by atoms with E-state index in [9.17, 15) is 4.79 Å². The summed E-state index contributed by atoms with van der Waals surface area (Å²) in [6, 6.07) is 1.07. The van der Waals surface area contributed by atoms with Crippen molar-refractivity contribution in [3.05, 3.63) is 0 Å². The number of hydrogen-bond acceptors (Lipinski definition) is 2. The lowest BCUT2D eigenvalue weighted by atomic mass is 9.95. The first-order chi connectivity index (χ1) is 7.16. The van der Waals surface area contributed by atoms with Crippen molar-refractivity contribution in [3.63, 3.8) is 0 Å². The van der Waals surface area contributed by atoms with Crippen LogP contribution in [0.4, 0.5) is 0 Å². The van der Waals surface area contributed by atoms with Crippen molar-refractivity contribution in [2.45, 2.75) is 51.6 Å². The average molecular weight is 210 g/mol. The lowest BCUT2D eigenvalue weighted by molar-refractivity contribution is -0.134. The molecule has 1 aliphatic carbocycles. The molecular formula is C12H22N2O. The van der Waals surface area contributed by atoms with Gasteiger partial charge in [-0.15, -0.1) is 0 Å². The molecule has 2 fully saturated rings. The van der Waals surface area contributed by atoms with Crippen LogP contribution in [0.2, 0.25) is 0 Å². The van der Waals surface area contributed by atoms with Crippen LogP contribution >= 0.6 is 0 Å². The molecule has 1 amide bonds. The van der Waals surface area contributed by atoms with Crippen LogP contribution in [0, 0.1) is 5.92 Å². The summed E-state index contributed by atoms with van der Waals surface area (Å²) in [5.41, 5.74) is 0. The maximum atomic E-state index is 11.9. The minimum absolute atomic E-state index is 0.293. The Morgan fingerprint density at radius 2 is 2.00 bits per heavy atom. The Balaban J connectivity index is 1.80. The zero-order chi connectivity index (χ0) is 10.8. The van der Waals surface area contributed by atoms with E-state index in [0.717, 1.165) is 13.0 Å². The number of carbonyl (C=O) groups excluding carboxylic acids is 1. The number of hydrogen-bond donors (Lipinski definition) is 1. The molecule has 1 heterocycles. The fourth-order valence-corrected chi connectivity index (χ4v) is 2.26. The van der Waals surface area contributed by atoms with E-state index in [1.807, 2.05) is 0 Å². The van der Waals surface area contributed by atoms with Gasteiger partial charge in [0.25, 0.3) is 0 Å². The van der Waals surface area contributed by atoms with E-state index in [2.05, 4.69) is 24.1 Å². The molecule has 0 spiro atoms. The number of carbonyl (C=O) groups is 1. The summed E-state index contributed by atoms with van der Waals surface area (Å²) in [6.07, 6.45) is 4.93. The molecule has 3 nitrogen and oxygen atoms in total. The first kappa shape index (κ1) is 10.9. The molecule has 1 saturated carbocycles. The van der Waals surface area contributed by atoms with Gasteiger partial charge in [0.1, 0.15) is 0 Å². The molecule has 0 bridgehead atoms. The molecular weight excluding hydrogens is 188 g/mol. The second kappa shape index (κ2) is 4.52. The number of amides is 1. The highest BCUT2D eigenvalue weighted by atomic mass is 16.2. The summed E-state index contributed by atoms with van der Waals surface area (Å²) in [6.45, 7) is 5.90. The van der Waals surface area contributed by atoms with Gasteiger partial charge in [-0.3, -0.25) is 4.79 Å². The minimum atomic E-state index is 0.293. The smallest absolute Gasteiger partial charge is 0.236 e. The summed E-state index contributed by atoms with van der Waals surface area (Å²) in [7, 11) is 0. The molecule has 1 saturated heterocycles. The molecule has 3 heteroatoms. The first-order valence-electron chi connectivity index (χ1n) is 6.19. The maximum absolute atomic E-state index is 11.9. The van der Waals surface area contributed by atoms with Crippen LogP contribution in [-0.4, -0.2) is 36.0 Å². The van der Waals surface area contributed by atoms with Gasteiger partial charge in [0, 0.05) is 18.6 Å². The molecule has 1 N–H and O–H groups in total. The lowest BCUT2D eigenvalue weighted by Crippen LogP contribution is -2.48. The fourth-order valence-electron chi connectivity index (χ4n) is 2.26. The van der Waals surface area contributed by atoms with Gasteiger partial charge in [-0.2, -0.15) is 0 Å². The molecule has 2 atom stereocenters. The maximum Gasteiger partial charge on any atom is 0.236 e. The normalized spacial score (nSPS) is 31.7. The highest BCUT2D eigenvalue weighted by Crippen LogP contribution is 2.22. The van der Waals surface area contributed by atoms with E-state index in [0.29, 0.717) is 30.5 Å². The number of rotatable bonds is 3. The summed E-state index contributed by atoms with van der Waals surface area (Å²) in [5, 5.41) is 3.30. The number of nitrogens with zero attached hydrogens (tertiary/aromatic N) is 1.